The Morgan fingerprint density at radius 3 is 2.68 bits per heavy atom. The molecule has 0 amide bonds. The summed E-state index contributed by atoms with van der Waals surface area (Å²) < 4.78 is 15.9. The van der Waals surface area contributed by atoms with E-state index in [1.165, 1.54) is 0 Å². The third-order valence-electron chi connectivity index (χ3n) is 5.78. The van der Waals surface area contributed by atoms with E-state index in [4.69, 9.17) is 0 Å². The third-order valence-corrected chi connectivity index (χ3v) is 5.78. The molecule has 0 spiro atoms. The fourth-order valence-electron chi connectivity index (χ4n) is 4.05. The van der Waals surface area contributed by atoms with E-state index in [1.807, 2.05) is 55.4 Å². The van der Waals surface area contributed by atoms with Crippen LogP contribution >= 0.6 is 0 Å². The van der Waals surface area contributed by atoms with E-state index in [2.05, 4.69) is 35.1 Å². The second kappa shape index (κ2) is 7.73. The van der Waals surface area contributed by atoms with Crippen LogP contribution in [0.25, 0.3) is 56.0 Å². The highest BCUT2D eigenvalue weighted by atomic mass is 19.1. The van der Waals surface area contributed by atoms with Crippen molar-refractivity contribution in [1.29, 1.82) is 0 Å². The summed E-state index contributed by atoms with van der Waals surface area (Å²) in [4.78, 5) is 22.9. The molecule has 5 aromatic heterocycles. The van der Waals surface area contributed by atoms with Gasteiger partial charge in [-0.1, -0.05) is 6.07 Å². The average Bonchev–Trinajstić information content (AvgIpc) is 3.49. The zero-order valence-corrected chi connectivity index (χ0v) is 18.4. The summed E-state index contributed by atoms with van der Waals surface area (Å²) in [5.74, 6) is 0.0330. The molecule has 8 nitrogen and oxygen atoms in total. The van der Waals surface area contributed by atoms with Crippen LogP contribution in [0.3, 0.4) is 0 Å². The summed E-state index contributed by atoms with van der Waals surface area (Å²) in [5.41, 5.74) is 5.84. The number of nitrogens with one attached hydrogen (secondary N) is 2. The largest absolute Gasteiger partial charge is 0.376 e. The van der Waals surface area contributed by atoms with Crippen LogP contribution in [0.2, 0.25) is 0 Å². The zero-order valence-electron chi connectivity index (χ0n) is 18.4. The van der Waals surface area contributed by atoms with Gasteiger partial charge in [0.2, 0.25) is 0 Å². The molecule has 0 aliphatic rings. The minimum Gasteiger partial charge on any atom is -0.376 e. The molecule has 1 aromatic carbocycles. The van der Waals surface area contributed by atoms with Gasteiger partial charge in [-0.25, -0.2) is 14.4 Å². The van der Waals surface area contributed by atoms with Gasteiger partial charge in [0.25, 0.3) is 0 Å². The highest BCUT2D eigenvalue weighted by Crippen LogP contribution is 2.35. The van der Waals surface area contributed by atoms with Gasteiger partial charge in [-0.15, -0.1) is 0 Å². The van der Waals surface area contributed by atoms with Crippen molar-refractivity contribution in [3.8, 4) is 33.9 Å². The molecular weight excluding hydrogens is 431 g/mol. The molecule has 0 aliphatic carbocycles. The molecule has 0 unspecified atom stereocenters. The fraction of sp³-hybridized carbons (Fsp3) is 0.0800. The average molecular weight is 450 g/mol. The maximum atomic E-state index is 15.9. The van der Waals surface area contributed by atoms with Crippen LogP contribution in [-0.4, -0.2) is 49.2 Å². The molecule has 0 fully saturated rings. The standard InChI is InChI=1S/C25H19FN8/c1-34(2)15-11-14(12-27-13-15)16-6-7-19-20(21(16)26)23(33-32-19)25-30-22-17(8-10-29-24(22)31-25)18-5-3-4-9-28-18/h3-13H,1-2H3,(H,32,33)(H,29,30,31). The Balaban J connectivity index is 1.52. The summed E-state index contributed by atoms with van der Waals surface area (Å²) in [6.45, 7) is 0. The Hall–Kier alpha value is -4.66. The first-order valence-electron chi connectivity index (χ1n) is 10.7. The maximum Gasteiger partial charge on any atom is 0.178 e. The topological polar surface area (TPSA) is 99.3 Å². The Bertz CT molecular complexity index is 1650. The first kappa shape index (κ1) is 20.0. The number of imidazole rings is 1. The van der Waals surface area contributed by atoms with Crippen molar-refractivity contribution in [2.24, 2.45) is 0 Å². The van der Waals surface area contributed by atoms with Crippen LogP contribution in [0.15, 0.2) is 67.3 Å². The van der Waals surface area contributed by atoms with Crippen LogP contribution in [0.4, 0.5) is 10.1 Å². The summed E-state index contributed by atoms with van der Waals surface area (Å²) in [6, 6.07) is 13.0. The van der Waals surface area contributed by atoms with Crippen molar-refractivity contribution in [1.82, 2.24) is 35.1 Å². The highest BCUT2D eigenvalue weighted by Gasteiger charge is 2.21. The van der Waals surface area contributed by atoms with Crippen LogP contribution in [0.1, 0.15) is 0 Å². The molecular formula is C25H19FN8. The second-order valence-electron chi connectivity index (χ2n) is 8.11. The Morgan fingerprint density at radius 1 is 0.941 bits per heavy atom. The molecule has 9 heteroatoms. The van der Waals surface area contributed by atoms with Crippen LogP contribution in [0, 0.1) is 5.82 Å². The summed E-state index contributed by atoms with van der Waals surface area (Å²) in [5, 5.41) is 7.65. The Kier molecular flexibility index (Phi) is 4.54. The van der Waals surface area contributed by atoms with Gasteiger partial charge < -0.3 is 9.88 Å². The molecule has 6 aromatic rings. The normalized spacial score (nSPS) is 11.4. The van der Waals surface area contributed by atoms with Crippen molar-refractivity contribution in [3.05, 3.63) is 73.1 Å². The van der Waals surface area contributed by atoms with Gasteiger partial charge in [-0.3, -0.25) is 15.1 Å². The molecule has 5 heterocycles. The van der Waals surface area contributed by atoms with Crippen molar-refractivity contribution in [2.45, 2.75) is 0 Å². The molecule has 0 saturated carbocycles. The number of pyridine rings is 3. The van der Waals surface area contributed by atoms with Gasteiger partial charge >= 0.3 is 0 Å². The van der Waals surface area contributed by atoms with Crippen LogP contribution in [-0.2, 0) is 0 Å². The lowest BCUT2D eigenvalue weighted by molar-refractivity contribution is 0.643. The van der Waals surface area contributed by atoms with Crippen molar-refractivity contribution in [3.63, 3.8) is 0 Å². The van der Waals surface area contributed by atoms with Gasteiger partial charge in [0.15, 0.2) is 11.5 Å². The lowest BCUT2D eigenvalue weighted by Crippen LogP contribution is -2.08. The lowest BCUT2D eigenvalue weighted by Gasteiger charge is -2.13. The van der Waals surface area contributed by atoms with Crippen LogP contribution < -0.4 is 4.90 Å². The number of nitrogens with zero attached hydrogens (tertiary/aromatic N) is 6. The van der Waals surface area contributed by atoms with Gasteiger partial charge in [0, 0.05) is 49.4 Å². The molecule has 2 N–H and O–H groups in total. The number of aromatic amines is 2. The molecule has 166 valence electrons. The van der Waals surface area contributed by atoms with Crippen molar-refractivity contribution >= 4 is 27.8 Å². The van der Waals surface area contributed by atoms with E-state index < -0.39 is 5.82 Å². The highest BCUT2D eigenvalue weighted by molar-refractivity contribution is 5.97. The third kappa shape index (κ3) is 3.17. The van der Waals surface area contributed by atoms with Crippen LogP contribution in [0.5, 0.6) is 0 Å². The number of rotatable bonds is 4. The summed E-state index contributed by atoms with van der Waals surface area (Å²) >= 11 is 0. The van der Waals surface area contributed by atoms with Gasteiger partial charge in [0.05, 0.1) is 34.0 Å². The van der Waals surface area contributed by atoms with Gasteiger partial charge in [0.1, 0.15) is 11.5 Å². The number of benzene rings is 1. The minimum absolute atomic E-state index is 0.353. The molecule has 0 aliphatic heterocycles. The van der Waals surface area contributed by atoms with Gasteiger partial charge in [-0.2, -0.15) is 5.10 Å². The molecule has 0 atom stereocenters. The van der Waals surface area contributed by atoms with Crippen molar-refractivity contribution < 1.29 is 4.39 Å². The summed E-state index contributed by atoms with van der Waals surface area (Å²) in [7, 11) is 3.84. The first-order chi connectivity index (χ1) is 16.6. The monoisotopic (exact) mass is 450 g/mol. The number of H-pyrrole nitrogens is 2. The zero-order chi connectivity index (χ0) is 23.2. The van der Waals surface area contributed by atoms with E-state index in [9.17, 15) is 0 Å². The number of hydrogen-bond donors (Lipinski definition) is 2. The number of anilines is 1. The van der Waals surface area contributed by atoms with E-state index in [1.54, 1.807) is 30.9 Å². The fourth-order valence-corrected chi connectivity index (χ4v) is 4.05. The lowest BCUT2D eigenvalue weighted by atomic mass is 10.0. The van der Waals surface area contributed by atoms with E-state index in [-0.39, 0.29) is 0 Å². The smallest absolute Gasteiger partial charge is 0.178 e. The molecule has 34 heavy (non-hydrogen) atoms. The Labute approximate surface area is 193 Å². The first-order valence-corrected chi connectivity index (χ1v) is 10.7. The predicted molar refractivity (Wildman–Crippen MR) is 130 cm³/mol. The maximum absolute atomic E-state index is 15.9. The van der Waals surface area contributed by atoms with E-state index in [0.717, 1.165) is 16.9 Å². The molecule has 0 saturated heterocycles. The number of hydrogen-bond acceptors (Lipinski definition) is 6. The van der Waals surface area contributed by atoms with Gasteiger partial charge in [-0.05, 0) is 36.4 Å². The number of aromatic nitrogens is 7. The molecule has 0 radical (unpaired) electrons. The number of fused-ring (bicyclic) bond motifs is 2. The molecule has 6 rings (SSSR count). The SMILES string of the molecule is CN(C)c1cncc(-c2ccc3[nH]nc(-c4nc5nccc(-c6ccccn6)c5[nH]4)c3c2F)c1. The second-order valence-corrected chi connectivity index (χ2v) is 8.11. The minimum atomic E-state index is -0.391. The predicted octanol–water partition coefficient (Wildman–Crippen LogP) is 4.83. The summed E-state index contributed by atoms with van der Waals surface area (Å²) in [6.07, 6.45) is 6.81. The Morgan fingerprint density at radius 2 is 1.85 bits per heavy atom. The number of halogens is 1. The quantitative estimate of drug-likeness (QED) is 0.399. The van der Waals surface area contributed by atoms with E-state index in [0.29, 0.717) is 44.7 Å². The van der Waals surface area contributed by atoms with Crippen molar-refractivity contribution in [2.75, 3.05) is 19.0 Å². The molecule has 0 bridgehead atoms. The van der Waals surface area contributed by atoms with E-state index >= 15 is 4.39 Å².